The van der Waals surface area contributed by atoms with Gasteiger partial charge in [0.1, 0.15) is 12.0 Å². The van der Waals surface area contributed by atoms with Crippen LogP contribution >= 0.6 is 0 Å². The summed E-state index contributed by atoms with van der Waals surface area (Å²) in [6, 6.07) is 3.71. The summed E-state index contributed by atoms with van der Waals surface area (Å²) in [6.45, 7) is 3.19. The summed E-state index contributed by atoms with van der Waals surface area (Å²) < 4.78 is 5.23. The Morgan fingerprint density at radius 1 is 1.72 bits per heavy atom. The van der Waals surface area contributed by atoms with Crippen molar-refractivity contribution in [2.24, 2.45) is 0 Å². The molecule has 1 aliphatic rings. The molecule has 0 bridgehead atoms. The zero-order valence-electron chi connectivity index (χ0n) is 9.87. The smallest absolute Gasteiger partial charge is 0.290 e. The molecule has 0 N–H and O–H groups in total. The Morgan fingerprint density at radius 3 is 3.11 bits per heavy atom. The number of morpholine rings is 1. The molecular formula is C11H12N4O3. The van der Waals surface area contributed by atoms with Gasteiger partial charge in [0.25, 0.3) is 5.69 Å². The lowest BCUT2D eigenvalue weighted by Crippen LogP contribution is -2.42. The lowest BCUT2D eigenvalue weighted by Gasteiger charge is -2.30. The van der Waals surface area contributed by atoms with E-state index >= 15 is 0 Å². The van der Waals surface area contributed by atoms with E-state index < -0.39 is 11.0 Å². The van der Waals surface area contributed by atoms with Crippen LogP contribution in [0, 0.1) is 28.4 Å². The molecule has 1 fully saturated rings. The molecule has 1 aromatic heterocycles. The molecule has 1 aromatic rings. The summed E-state index contributed by atoms with van der Waals surface area (Å²) >= 11 is 0. The summed E-state index contributed by atoms with van der Waals surface area (Å²) in [4.78, 5) is 16.2. The van der Waals surface area contributed by atoms with Gasteiger partial charge >= 0.3 is 0 Å². The first-order valence-electron chi connectivity index (χ1n) is 5.49. The van der Waals surface area contributed by atoms with Crippen LogP contribution in [0.2, 0.25) is 0 Å². The zero-order chi connectivity index (χ0) is 13.1. The molecular weight excluding hydrogens is 236 g/mol. The summed E-state index contributed by atoms with van der Waals surface area (Å²) in [5.74, 6) is 0.640. The molecule has 0 aliphatic carbocycles. The molecule has 1 saturated heterocycles. The van der Waals surface area contributed by atoms with Gasteiger partial charge < -0.3 is 9.64 Å². The lowest BCUT2D eigenvalue weighted by atomic mass is 10.2. The molecule has 0 spiro atoms. The molecule has 94 valence electrons. The maximum atomic E-state index is 10.7. The molecule has 2 rings (SSSR count). The Hall–Kier alpha value is -2.20. The number of nitro groups is 1. The van der Waals surface area contributed by atoms with Crippen molar-refractivity contribution in [2.45, 2.75) is 13.0 Å². The molecule has 0 unspecified atom stereocenters. The van der Waals surface area contributed by atoms with E-state index in [4.69, 9.17) is 10.00 Å². The minimum Gasteiger partial charge on any atom is -0.360 e. The third-order valence-electron chi connectivity index (χ3n) is 2.80. The summed E-state index contributed by atoms with van der Waals surface area (Å²) in [5, 5.41) is 19.5. The van der Waals surface area contributed by atoms with Crippen LogP contribution in [0.4, 0.5) is 11.5 Å². The van der Waals surface area contributed by atoms with Gasteiger partial charge in [-0.3, -0.25) is 10.1 Å². The molecule has 0 saturated carbocycles. The van der Waals surface area contributed by atoms with Gasteiger partial charge in [-0.05, 0) is 13.0 Å². The van der Waals surface area contributed by atoms with Gasteiger partial charge in [0.05, 0.1) is 24.1 Å². The molecule has 7 nitrogen and oxygen atoms in total. The van der Waals surface area contributed by atoms with Crippen molar-refractivity contribution in [2.75, 3.05) is 24.6 Å². The third kappa shape index (κ3) is 2.38. The van der Waals surface area contributed by atoms with E-state index in [1.54, 1.807) is 13.0 Å². The van der Waals surface area contributed by atoms with Crippen molar-refractivity contribution in [3.63, 3.8) is 0 Å². The van der Waals surface area contributed by atoms with E-state index in [0.717, 1.165) is 0 Å². The van der Waals surface area contributed by atoms with E-state index in [9.17, 15) is 10.1 Å². The van der Waals surface area contributed by atoms with Crippen LogP contribution in [0.5, 0.6) is 0 Å². The van der Waals surface area contributed by atoms with Crippen molar-refractivity contribution in [1.29, 1.82) is 5.26 Å². The fraction of sp³-hybridized carbons (Fsp3) is 0.455. The second kappa shape index (κ2) is 4.98. The average molecular weight is 248 g/mol. The molecule has 1 atom stereocenters. The predicted octanol–water partition coefficient (Wildman–Crippen LogP) is 1.03. The maximum absolute atomic E-state index is 10.7. The number of nitrogens with zero attached hydrogens (tertiary/aromatic N) is 4. The van der Waals surface area contributed by atoms with Crippen LogP contribution in [-0.4, -0.2) is 35.7 Å². The molecule has 0 aromatic carbocycles. The number of hydrogen-bond acceptors (Lipinski definition) is 6. The normalized spacial score (nSPS) is 19.3. The van der Waals surface area contributed by atoms with Gasteiger partial charge in [-0.2, -0.15) is 5.26 Å². The average Bonchev–Trinajstić information content (AvgIpc) is 2.38. The van der Waals surface area contributed by atoms with Gasteiger partial charge in [0.2, 0.25) is 0 Å². The van der Waals surface area contributed by atoms with Gasteiger partial charge in [0.15, 0.2) is 6.10 Å². The van der Waals surface area contributed by atoms with Gasteiger partial charge in [-0.15, -0.1) is 0 Å². The molecule has 0 amide bonds. The quantitative estimate of drug-likeness (QED) is 0.573. The van der Waals surface area contributed by atoms with Crippen LogP contribution in [-0.2, 0) is 4.74 Å². The number of anilines is 1. The second-order valence-electron chi connectivity index (χ2n) is 4.02. The molecule has 18 heavy (non-hydrogen) atoms. The largest absolute Gasteiger partial charge is 0.360 e. The van der Waals surface area contributed by atoms with Gasteiger partial charge in [-0.25, -0.2) is 4.98 Å². The highest BCUT2D eigenvalue weighted by Crippen LogP contribution is 2.22. The highest BCUT2D eigenvalue weighted by atomic mass is 16.6. The zero-order valence-corrected chi connectivity index (χ0v) is 9.87. The summed E-state index contributed by atoms with van der Waals surface area (Å²) in [6.07, 6.45) is 0.776. The number of ether oxygens (including phenoxy) is 1. The van der Waals surface area contributed by atoms with E-state index in [-0.39, 0.29) is 5.69 Å². The van der Waals surface area contributed by atoms with Gasteiger partial charge in [-0.1, -0.05) is 0 Å². The topological polar surface area (TPSA) is 92.3 Å². The highest BCUT2D eigenvalue weighted by molar-refractivity contribution is 5.49. The van der Waals surface area contributed by atoms with Crippen LogP contribution in [0.15, 0.2) is 12.3 Å². The first-order chi connectivity index (χ1) is 8.61. The second-order valence-corrected chi connectivity index (χ2v) is 4.02. The van der Waals surface area contributed by atoms with E-state index in [0.29, 0.717) is 31.1 Å². The molecule has 0 radical (unpaired) electrons. The van der Waals surface area contributed by atoms with E-state index in [1.165, 1.54) is 6.20 Å². The van der Waals surface area contributed by atoms with Crippen molar-refractivity contribution < 1.29 is 9.66 Å². The molecule has 7 heteroatoms. The van der Waals surface area contributed by atoms with Crippen LogP contribution in [0.3, 0.4) is 0 Å². The van der Waals surface area contributed by atoms with Crippen molar-refractivity contribution in [3.05, 3.63) is 27.9 Å². The minimum atomic E-state index is -0.476. The van der Waals surface area contributed by atoms with Crippen LogP contribution < -0.4 is 4.90 Å². The maximum Gasteiger partial charge on any atom is 0.290 e. The number of aryl methyl sites for hydroxylation is 1. The lowest BCUT2D eigenvalue weighted by molar-refractivity contribution is -0.385. The highest BCUT2D eigenvalue weighted by Gasteiger charge is 2.22. The Bertz CT molecular complexity index is 512. The molecule has 2 heterocycles. The molecule has 1 aliphatic heterocycles. The number of aromatic nitrogens is 1. The monoisotopic (exact) mass is 248 g/mol. The van der Waals surface area contributed by atoms with Crippen molar-refractivity contribution in [1.82, 2.24) is 4.98 Å². The fourth-order valence-corrected chi connectivity index (χ4v) is 1.83. The Balaban J connectivity index is 2.21. The number of rotatable bonds is 2. The van der Waals surface area contributed by atoms with Crippen LogP contribution in [0.1, 0.15) is 5.56 Å². The summed E-state index contributed by atoms with van der Waals surface area (Å²) in [7, 11) is 0. The van der Waals surface area contributed by atoms with E-state index in [1.807, 2.05) is 11.0 Å². The van der Waals surface area contributed by atoms with Crippen LogP contribution in [0.25, 0.3) is 0 Å². The van der Waals surface area contributed by atoms with Crippen molar-refractivity contribution >= 4 is 11.5 Å². The predicted molar refractivity (Wildman–Crippen MR) is 63.2 cm³/mol. The first kappa shape index (κ1) is 12.3. The number of nitriles is 1. The first-order valence-corrected chi connectivity index (χ1v) is 5.49. The van der Waals surface area contributed by atoms with Crippen molar-refractivity contribution in [3.8, 4) is 6.07 Å². The number of hydrogen-bond donors (Lipinski definition) is 0. The standard InChI is InChI=1S/C11H12N4O3/c1-8-4-11(13-6-10(8)15(16)17)14-2-3-18-9(5-12)7-14/h4,6,9H,2-3,7H2,1H3/t9-/m0/s1. The van der Waals surface area contributed by atoms with Gasteiger partial charge in [0, 0.05) is 12.1 Å². The Morgan fingerprint density at radius 2 is 2.50 bits per heavy atom. The summed E-state index contributed by atoms with van der Waals surface area (Å²) in [5.41, 5.74) is 0.564. The third-order valence-corrected chi connectivity index (χ3v) is 2.80. The minimum absolute atomic E-state index is 0.00356. The number of pyridine rings is 1. The Labute approximate surface area is 104 Å². The van der Waals surface area contributed by atoms with E-state index in [2.05, 4.69) is 4.98 Å². The SMILES string of the molecule is Cc1cc(N2CCO[C@@H](C#N)C2)ncc1[N+](=O)[O-]. The Kier molecular flexibility index (Phi) is 3.39. The fourth-order valence-electron chi connectivity index (χ4n) is 1.83.